The summed E-state index contributed by atoms with van der Waals surface area (Å²) < 4.78 is 5.92. The summed E-state index contributed by atoms with van der Waals surface area (Å²) in [6.45, 7) is 13.1. The topological polar surface area (TPSA) is 50.3 Å². The van der Waals surface area contributed by atoms with E-state index < -0.39 is 0 Å². The van der Waals surface area contributed by atoms with Gasteiger partial charge in [0, 0.05) is 31.1 Å². The van der Waals surface area contributed by atoms with Crippen molar-refractivity contribution < 1.29 is 4.74 Å². The Kier molecular flexibility index (Phi) is 4.13. The molecule has 2 aliphatic heterocycles. The fraction of sp³-hybridized carbons (Fsp3) is 0.750. The number of fused-ring (bicyclic) bond motifs is 3. The highest BCUT2D eigenvalue weighted by Gasteiger charge is 2.31. The monoisotopic (exact) mass is 290 g/mol. The van der Waals surface area contributed by atoms with Crippen LogP contribution < -0.4 is 10.2 Å². The summed E-state index contributed by atoms with van der Waals surface area (Å²) in [5, 5.41) is 3.45. The molecule has 5 heteroatoms. The quantitative estimate of drug-likeness (QED) is 0.903. The van der Waals surface area contributed by atoms with Crippen molar-refractivity contribution in [3.05, 3.63) is 17.1 Å². The zero-order valence-corrected chi connectivity index (χ0v) is 13.5. The van der Waals surface area contributed by atoms with E-state index in [0.29, 0.717) is 24.5 Å². The Hall–Kier alpha value is -1.20. The Morgan fingerprint density at radius 3 is 2.71 bits per heavy atom. The zero-order chi connectivity index (χ0) is 15.0. The van der Waals surface area contributed by atoms with Crippen molar-refractivity contribution in [2.75, 3.05) is 31.1 Å². The van der Waals surface area contributed by atoms with E-state index in [9.17, 15) is 0 Å². The number of nitrogens with zero attached hydrogens (tertiary/aromatic N) is 3. The van der Waals surface area contributed by atoms with Crippen LogP contribution in [0.5, 0.6) is 0 Å². The molecule has 3 rings (SSSR count). The molecule has 1 unspecified atom stereocenters. The van der Waals surface area contributed by atoms with E-state index in [0.717, 1.165) is 43.6 Å². The maximum Gasteiger partial charge on any atom is 0.138 e. The second kappa shape index (κ2) is 5.89. The predicted octanol–water partition coefficient (Wildman–Crippen LogP) is 2.03. The van der Waals surface area contributed by atoms with Crippen molar-refractivity contribution in [2.45, 2.75) is 52.2 Å². The van der Waals surface area contributed by atoms with E-state index >= 15 is 0 Å². The standard InChI is InChI=1S/C16H26N4O/c1-10(2)14-13-9-21-8-12-7-17-5-6-20(12)16(13)19-15(18-14)11(3)4/h10-12,17H,5-9H2,1-4H3. The molecule has 0 aromatic carbocycles. The summed E-state index contributed by atoms with van der Waals surface area (Å²) in [4.78, 5) is 12.2. The fourth-order valence-electron chi connectivity index (χ4n) is 3.10. The fourth-order valence-corrected chi connectivity index (χ4v) is 3.10. The van der Waals surface area contributed by atoms with E-state index in [1.165, 1.54) is 5.56 Å². The summed E-state index contributed by atoms with van der Waals surface area (Å²) in [6.07, 6.45) is 0. The SMILES string of the molecule is CC(C)c1nc(C(C)C)c2c(n1)N1CCNCC1COC2. The first-order valence-corrected chi connectivity index (χ1v) is 8.03. The number of aromatic nitrogens is 2. The lowest BCUT2D eigenvalue weighted by atomic mass is 10.0. The first-order chi connectivity index (χ1) is 10.1. The molecule has 5 nitrogen and oxygen atoms in total. The van der Waals surface area contributed by atoms with Crippen LogP contribution in [0.1, 0.15) is 56.6 Å². The Morgan fingerprint density at radius 1 is 1.19 bits per heavy atom. The molecule has 0 amide bonds. The minimum atomic E-state index is 0.346. The molecule has 21 heavy (non-hydrogen) atoms. The normalized spacial score (nSPS) is 22.2. The van der Waals surface area contributed by atoms with Crippen molar-refractivity contribution in [2.24, 2.45) is 0 Å². The summed E-state index contributed by atoms with van der Waals surface area (Å²) in [5.74, 6) is 2.80. The lowest BCUT2D eigenvalue weighted by Crippen LogP contribution is -2.53. The maximum atomic E-state index is 5.92. The van der Waals surface area contributed by atoms with E-state index in [4.69, 9.17) is 14.7 Å². The second-order valence-electron chi connectivity index (χ2n) is 6.65. The van der Waals surface area contributed by atoms with Gasteiger partial charge in [-0.2, -0.15) is 0 Å². The maximum absolute atomic E-state index is 5.92. The van der Waals surface area contributed by atoms with Crippen LogP contribution in [-0.2, 0) is 11.3 Å². The molecule has 0 saturated carbocycles. The smallest absolute Gasteiger partial charge is 0.138 e. The van der Waals surface area contributed by atoms with Crippen LogP contribution in [-0.4, -0.2) is 42.3 Å². The third kappa shape index (κ3) is 2.77. The third-order valence-corrected chi connectivity index (χ3v) is 4.28. The van der Waals surface area contributed by atoms with E-state index in [2.05, 4.69) is 37.9 Å². The largest absolute Gasteiger partial charge is 0.374 e. The molecule has 1 fully saturated rings. The zero-order valence-electron chi connectivity index (χ0n) is 13.5. The number of hydrogen-bond acceptors (Lipinski definition) is 5. The molecule has 0 aliphatic carbocycles. The van der Waals surface area contributed by atoms with Crippen LogP contribution in [0, 0.1) is 0 Å². The lowest BCUT2D eigenvalue weighted by Gasteiger charge is -2.36. The molecule has 0 radical (unpaired) electrons. The van der Waals surface area contributed by atoms with Crippen LogP contribution in [0.4, 0.5) is 5.82 Å². The summed E-state index contributed by atoms with van der Waals surface area (Å²) >= 11 is 0. The summed E-state index contributed by atoms with van der Waals surface area (Å²) in [6, 6.07) is 0.384. The number of anilines is 1. The van der Waals surface area contributed by atoms with Gasteiger partial charge in [0.05, 0.1) is 24.9 Å². The van der Waals surface area contributed by atoms with E-state index in [-0.39, 0.29) is 0 Å². The summed E-state index contributed by atoms with van der Waals surface area (Å²) in [5.41, 5.74) is 2.35. The van der Waals surface area contributed by atoms with E-state index in [1.807, 2.05) is 0 Å². The molecule has 0 bridgehead atoms. The van der Waals surface area contributed by atoms with Crippen LogP contribution >= 0.6 is 0 Å². The number of nitrogens with one attached hydrogen (secondary N) is 1. The van der Waals surface area contributed by atoms with Crippen molar-refractivity contribution in [3.63, 3.8) is 0 Å². The molecular formula is C16H26N4O. The highest BCUT2D eigenvalue weighted by molar-refractivity contribution is 5.52. The first-order valence-electron chi connectivity index (χ1n) is 8.03. The van der Waals surface area contributed by atoms with Crippen LogP contribution in [0.15, 0.2) is 0 Å². The van der Waals surface area contributed by atoms with Gasteiger partial charge in [-0.3, -0.25) is 0 Å². The van der Waals surface area contributed by atoms with Crippen molar-refractivity contribution in [1.82, 2.24) is 15.3 Å². The predicted molar refractivity (Wildman–Crippen MR) is 83.9 cm³/mol. The minimum absolute atomic E-state index is 0.346. The highest BCUT2D eigenvalue weighted by atomic mass is 16.5. The molecule has 2 aliphatic rings. The van der Waals surface area contributed by atoms with E-state index in [1.54, 1.807) is 0 Å². The Bertz CT molecular complexity index is 515. The van der Waals surface area contributed by atoms with Crippen LogP contribution in [0.25, 0.3) is 0 Å². The first kappa shape index (κ1) is 14.7. The molecule has 116 valence electrons. The number of rotatable bonds is 2. The summed E-state index contributed by atoms with van der Waals surface area (Å²) in [7, 11) is 0. The Morgan fingerprint density at radius 2 is 2.00 bits per heavy atom. The van der Waals surface area contributed by atoms with Crippen molar-refractivity contribution in [1.29, 1.82) is 0 Å². The molecule has 1 aromatic heterocycles. The van der Waals surface area contributed by atoms with Crippen LogP contribution in [0.3, 0.4) is 0 Å². The van der Waals surface area contributed by atoms with Gasteiger partial charge >= 0.3 is 0 Å². The molecule has 0 spiro atoms. The number of piperazine rings is 1. The van der Waals surface area contributed by atoms with Crippen molar-refractivity contribution in [3.8, 4) is 0 Å². The average Bonchev–Trinajstić information content (AvgIpc) is 2.65. The number of ether oxygens (including phenoxy) is 1. The number of hydrogen-bond donors (Lipinski definition) is 1. The van der Waals surface area contributed by atoms with Crippen LogP contribution in [0.2, 0.25) is 0 Å². The van der Waals surface area contributed by atoms with Gasteiger partial charge in [-0.05, 0) is 5.92 Å². The molecular weight excluding hydrogens is 264 g/mol. The average molecular weight is 290 g/mol. The van der Waals surface area contributed by atoms with Gasteiger partial charge in [0.1, 0.15) is 11.6 Å². The second-order valence-corrected chi connectivity index (χ2v) is 6.65. The van der Waals surface area contributed by atoms with Gasteiger partial charge in [0.25, 0.3) is 0 Å². The Labute approximate surface area is 127 Å². The van der Waals surface area contributed by atoms with Gasteiger partial charge in [-0.25, -0.2) is 9.97 Å². The molecule has 1 aromatic rings. The molecule has 1 N–H and O–H groups in total. The van der Waals surface area contributed by atoms with Crippen molar-refractivity contribution >= 4 is 5.82 Å². The van der Waals surface area contributed by atoms with Gasteiger partial charge in [-0.15, -0.1) is 0 Å². The minimum Gasteiger partial charge on any atom is -0.374 e. The third-order valence-electron chi connectivity index (χ3n) is 4.28. The van der Waals surface area contributed by atoms with Gasteiger partial charge < -0.3 is 15.0 Å². The Balaban J connectivity index is 2.12. The molecule has 1 saturated heterocycles. The highest BCUT2D eigenvalue weighted by Crippen LogP contribution is 2.32. The lowest BCUT2D eigenvalue weighted by molar-refractivity contribution is 0.109. The molecule has 1 atom stereocenters. The van der Waals surface area contributed by atoms with Gasteiger partial charge in [0.2, 0.25) is 0 Å². The molecule has 3 heterocycles. The van der Waals surface area contributed by atoms with Gasteiger partial charge in [-0.1, -0.05) is 27.7 Å². The van der Waals surface area contributed by atoms with Gasteiger partial charge in [0.15, 0.2) is 0 Å².